The van der Waals surface area contributed by atoms with E-state index in [-0.39, 0.29) is 12.5 Å². The fourth-order valence-corrected chi connectivity index (χ4v) is 2.31. The molecule has 0 spiro atoms. The number of amides is 1. The first-order valence-electron chi connectivity index (χ1n) is 5.76. The molecular formula is C12H20N2O. The molecule has 0 aromatic heterocycles. The summed E-state index contributed by atoms with van der Waals surface area (Å²) in [5.74, 6) is 1.32. The predicted molar refractivity (Wildman–Crippen MR) is 60.2 cm³/mol. The summed E-state index contributed by atoms with van der Waals surface area (Å²) in [7, 11) is 0. The summed E-state index contributed by atoms with van der Waals surface area (Å²) in [4.78, 5) is 14.4. The normalized spacial score (nSPS) is 26.0. The van der Waals surface area contributed by atoms with Crippen LogP contribution in [-0.4, -0.2) is 18.5 Å². The van der Waals surface area contributed by atoms with E-state index >= 15 is 0 Å². The van der Waals surface area contributed by atoms with Crippen molar-refractivity contribution in [1.29, 1.82) is 0 Å². The molecule has 0 heterocycles. The highest BCUT2D eigenvalue weighted by molar-refractivity contribution is 5.79. The van der Waals surface area contributed by atoms with Crippen LogP contribution in [0.25, 0.3) is 4.85 Å². The van der Waals surface area contributed by atoms with Gasteiger partial charge >= 0.3 is 0 Å². The van der Waals surface area contributed by atoms with Gasteiger partial charge in [0.2, 0.25) is 0 Å². The van der Waals surface area contributed by atoms with Crippen LogP contribution < -0.4 is 5.32 Å². The van der Waals surface area contributed by atoms with E-state index < -0.39 is 0 Å². The molecule has 1 rings (SSSR count). The molecule has 1 fully saturated rings. The summed E-state index contributed by atoms with van der Waals surface area (Å²) in [5, 5.41) is 2.95. The van der Waals surface area contributed by atoms with E-state index in [1.807, 2.05) is 0 Å². The van der Waals surface area contributed by atoms with Gasteiger partial charge in [-0.15, -0.1) is 0 Å². The van der Waals surface area contributed by atoms with Gasteiger partial charge in [-0.1, -0.05) is 26.7 Å². The molecule has 1 aliphatic rings. The lowest BCUT2D eigenvalue weighted by Gasteiger charge is -2.31. The smallest absolute Gasteiger partial charge is 0.300 e. The Labute approximate surface area is 92.1 Å². The zero-order valence-electron chi connectivity index (χ0n) is 9.62. The molecular weight excluding hydrogens is 188 g/mol. The standard InChI is InChI=1S/C12H20N2O/c1-9(2)10-5-4-6-11(7-10)14-12(15)8-13-3/h9-11H,4-8H2,1-2H3,(H,14,15)/t10-,11+/m0/s1. The quantitative estimate of drug-likeness (QED) is 0.709. The van der Waals surface area contributed by atoms with Gasteiger partial charge in [0.15, 0.2) is 0 Å². The monoisotopic (exact) mass is 208 g/mol. The minimum Gasteiger partial charge on any atom is -0.347 e. The highest BCUT2D eigenvalue weighted by Gasteiger charge is 2.25. The van der Waals surface area contributed by atoms with Crippen molar-refractivity contribution in [3.8, 4) is 0 Å². The van der Waals surface area contributed by atoms with Crippen LogP contribution in [0, 0.1) is 18.4 Å². The molecule has 0 aromatic rings. The summed E-state index contributed by atoms with van der Waals surface area (Å²) in [6.45, 7) is 11.1. The predicted octanol–water partition coefficient (Wildman–Crippen LogP) is 2.24. The number of carbonyl (C=O) groups is 1. The maximum absolute atomic E-state index is 11.3. The van der Waals surface area contributed by atoms with Crippen molar-refractivity contribution >= 4 is 5.91 Å². The minimum atomic E-state index is -0.112. The van der Waals surface area contributed by atoms with Gasteiger partial charge in [0.1, 0.15) is 0 Å². The minimum absolute atomic E-state index is 0.0250. The van der Waals surface area contributed by atoms with Crippen molar-refractivity contribution in [2.45, 2.75) is 45.6 Å². The second-order valence-electron chi connectivity index (χ2n) is 4.75. The molecule has 15 heavy (non-hydrogen) atoms. The Morgan fingerprint density at radius 3 is 2.87 bits per heavy atom. The van der Waals surface area contributed by atoms with Gasteiger partial charge < -0.3 is 10.2 Å². The van der Waals surface area contributed by atoms with Gasteiger partial charge in [0.25, 0.3) is 12.5 Å². The van der Waals surface area contributed by atoms with E-state index in [1.54, 1.807) is 0 Å². The highest BCUT2D eigenvalue weighted by atomic mass is 16.1. The Balaban J connectivity index is 2.37. The van der Waals surface area contributed by atoms with Gasteiger partial charge in [0.05, 0.1) is 0 Å². The lowest BCUT2D eigenvalue weighted by molar-refractivity contribution is -0.120. The number of rotatable bonds is 3. The molecule has 1 amide bonds. The van der Waals surface area contributed by atoms with Crippen molar-refractivity contribution in [1.82, 2.24) is 5.32 Å². The first-order valence-corrected chi connectivity index (χ1v) is 5.76. The Bertz CT molecular complexity index is 255. The van der Waals surface area contributed by atoms with Gasteiger partial charge in [-0.2, -0.15) is 0 Å². The van der Waals surface area contributed by atoms with E-state index in [1.165, 1.54) is 12.8 Å². The first-order chi connectivity index (χ1) is 7.13. The highest BCUT2D eigenvalue weighted by Crippen LogP contribution is 2.29. The van der Waals surface area contributed by atoms with Crippen LogP contribution in [0.15, 0.2) is 0 Å². The molecule has 84 valence electrons. The Kier molecular flexibility index (Phi) is 4.61. The molecule has 0 saturated heterocycles. The van der Waals surface area contributed by atoms with Crippen LogP contribution in [0.4, 0.5) is 0 Å². The van der Waals surface area contributed by atoms with Crippen LogP contribution in [0.3, 0.4) is 0 Å². The third kappa shape index (κ3) is 3.91. The molecule has 0 unspecified atom stereocenters. The molecule has 1 aliphatic carbocycles. The first kappa shape index (κ1) is 12.0. The molecule has 1 N–H and O–H groups in total. The maximum atomic E-state index is 11.3. The number of hydrogen-bond donors (Lipinski definition) is 1. The number of nitrogens with one attached hydrogen (secondary N) is 1. The van der Waals surface area contributed by atoms with E-state index in [0.29, 0.717) is 12.0 Å². The molecule has 3 heteroatoms. The van der Waals surface area contributed by atoms with E-state index in [0.717, 1.165) is 18.8 Å². The average molecular weight is 208 g/mol. The number of hydrogen-bond acceptors (Lipinski definition) is 1. The molecule has 0 radical (unpaired) electrons. The van der Waals surface area contributed by atoms with E-state index in [9.17, 15) is 4.79 Å². The summed E-state index contributed by atoms with van der Waals surface area (Å²) >= 11 is 0. The average Bonchev–Trinajstić information content (AvgIpc) is 2.18. The summed E-state index contributed by atoms with van der Waals surface area (Å²) in [6.07, 6.45) is 4.65. The van der Waals surface area contributed by atoms with Crippen LogP contribution >= 0.6 is 0 Å². The molecule has 3 nitrogen and oxygen atoms in total. The van der Waals surface area contributed by atoms with Crippen LogP contribution in [-0.2, 0) is 4.79 Å². The molecule has 1 saturated carbocycles. The van der Waals surface area contributed by atoms with Crippen molar-refractivity contribution in [2.75, 3.05) is 6.54 Å². The number of nitrogens with zero attached hydrogens (tertiary/aromatic N) is 1. The Hall–Kier alpha value is -1.04. The number of carbonyl (C=O) groups excluding carboxylic acids is 1. The fourth-order valence-electron chi connectivity index (χ4n) is 2.31. The Morgan fingerprint density at radius 1 is 1.53 bits per heavy atom. The third-order valence-corrected chi connectivity index (χ3v) is 3.25. The summed E-state index contributed by atoms with van der Waals surface area (Å²) in [5.41, 5.74) is 0. The van der Waals surface area contributed by atoms with Gasteiger partial charge in [-0.3, -0.25) is 4.79 Å². The zero-order chi connectivity index (χ0) is 11.3. The van der Waals surface area contributed by atoms with Crippen molar-refractivity contribution in [3.63, 3.8) is 0 Å². The molecule has 0 aliphatic heterocycles. The van der Waals surface area contributed by atoms with Gasteiger partial charge in [-0.05, 0) is 24.7 Å². The van der Waals surface area contributed by atoms with Gasteiger partial charge in [-0.25, -0.2) is 6.57 Å². The van der Waals surface area contributed by atoms with Crippen molar-refractivity contribution < 1.29 is 4.79 Å². The van der Waals surface area contributed by atoms with Crippen molar-refractivity contribution in [2.24, 2.45) is 11.8 Å². The maximum Gasteiger partial charge on any atom is 0.300 e. The van der Waals surface area contributed by atoms with Gasteiger partial charge in [0, 0.05) is 6.04 Å². The van der Waals surface area contributed by atoms with E-state index in [4.69, 9.17) is 6.57 Å². The summed E-state index contributed by atoms with van der Waals surface area (Å²) < 4.78 is 0. The SMILES string of the molecule is [C-]#[N+]CC(=O)N[C@@H]1CCC[C@H](C(C)C)C1. The summed E-state index contributed by atoms with van der Waals surface area (Å²) in [6, 6.07) is 0.306. The molecule has 0 bridgehead atoms. The second kappa shape index (κ2) is 5.75. The van der Waals surface area contributed by atoms with Crippen molar-refractivity contribution in [3.05, 3.63) is 11.4 Å². The molecule has 0 aromatic carbocycles. The lowest BCUT2D eigenvalue weighted by Crippen LogP contribution is -2.40. The third-order valence-electron chi connectivity index (χ3n) is 3.25. The fraction of sp³-hybridized carbons (Fsp3) is 0.833. The van der Waals surface area contributed by atoms with Crippen LogP contribution in [0.5, 0.6) is 0 Å². The second-order valence-corrected chi connectivity index (χ2v) is 4.75. The Morgan fingerprint density at radius 2 is 2.27 bits per heavy atom. The largest absolute Gasteiger partial charge is 0.347 e. The van der Waals surface area contributed by atoms with E-state index in [2.05, 4.69) is 24.0 Å². The van der Waals surface area contributed by atoms with Crippen LogP contribution in [0.1, 0.15) is 39.5 Å². The lowest BCUT2D eigenvalue weighted by atomic mass is 9.79. The topological polar surface area (TPSA) is 33.5 Å². The van der Waals surface area contributed by atoms with Crippen LogP contribution in [0.2, 0.25) is 0 Å². The zero-order valence-corrected chi connectivity index (χ0v) is 9.62. The molecule has 2 atom stereocenters.